The number of hydrogen-bond donors (Lipinski definition) is 1. The van der Waals surface area contributed by atoms with Gasteiger partial charge in [-0.25, -0.2) is 9.97 Å². The van der Waals surface area contributed by atoms with Gasteiger partial charge in [-0.15, -0.1) is 0 Å². The molecule has 4 nitrogen and oxygen atoms in total. The van der Waals surface area contributed by atoms with Crippen LogP contribution in [0.5, 0.6) is 0 Å². The first-order valence-electron chi connectivity index (χ1n) is 5.49. The van der Waals surface area contributed by atoms with Gasteiger partial charge in [0.25, 0.3) is 0 Å². The summed E-state index contributed by atoms with van der Waals surface area (Å²) in [6.07, 6.45) is 1.77. The average molecular weight is 224 g/mol. The van der Waals surface area contributed by atoms with Gasteiger partial charge in [-0.3, -0.25) is 4.98 Å². The molecule has 0 saturated heterocycles. The molecule has 0 aliphatic rings. The topological polar surface area (TPSA) is 54.5 Å². The van der Waals surface area contributed by atoms with Gasteiger partial charge in [0.05, 0.1) is 5.52 Å². The van der Waals surface area contributed by atoms with Gasteiger partial charge >= 0.3 is 0 Å². The molecular weight excluding hydrogens is 212 g/mol. The zero-order chi connectivity index (χ0) is 11.8. The molecule has 0 fully saturated rings. The van der Waals surface area contributed by atoms with Gasteiger partial charge in [0.1, 0.15) is 5.69 Å². The number of imidazole rings is 1. The Morgan fingerprint density at radius 2 is 1.94 bits per heavy atom. The predicted octanol–water partition coefficient (Wildman–Crippen LogP) is 2.64. The van der Waals surface area contributed by atoms with Gasteiger partial charge in [-0.05, 0) is 37.6 Å². The molecule has 1 N–H and O–H groups in total. The Hall–Kier alpha value is -2.23. The molecule has 17 heavy (non-hydrogen) atoms. The molecule has 0 radical (unpaired) electrons. The minimum absolute atomic E-state index is 0.741. The van der Waals surface area contributed by atoms with E-state index in [2.05, 4.69) is 19.9 Å². The third-order valence-electron chi connectivity index (χ3n) is 2.72. The van der Waals surface area contributed by atoms with Gasteiger partial charge in [0.2, 0.25) is 0 Å². The summed E-state index contributed by atoms with van der Waals surface area (Å²) in [5.74, 6) is 0.774. The molecule has 0 aliphatic carbocycles. The van der Waals surface area contributed by atoms with Crippen LogP contribution >= 0.6 is 0 Å². The van der Waals surface area contributed by atoms with E-state index in [0.717, 1.165) is 33.9 Å². The van der Waals surface area contributed by atoms with Crippen molar-refractivity contribution in [1.29, 1.82) is 0 Å². The average Bonchev–Trinajstić information content (AvgIpc) is 2.72. The van der Waals surface area contributed by atoms with Crippen molar-refractivity contribution in [2.24, 2.45) is 0 Å². The second-order valence-corrected chi connectivity index (χ2v) is 4.08. The van der Waals surface area contributed by atoms with Crippen LogP contribution in [0, 0.1) is 13.8 Å². The SMILES string of the molecule is Cc1ccc2[nH]c(-c3ncccc3C)nc2n1. The first-order valence-corrected chi connectivity index (χ1v) is 5.49. The summed E-state index contributed by atoms with van der Waals surface area (Å²) < 4.78 is 0. The smallest absolute Gasteiger partial charge is 0.178 e. The molecule has 0 unspecified atom stereocenters. The van der Waals surface area contributed by atoms with Crippen molar-refractivity contribution >= 4 is 11.2 Å². The van der Waals surface area contributed by atoms with Crippen LogP contribution in [0.1, 0.15) is 11.3 Å². The second kappa shape index (κ2) is 3.66. The summed E-state index contributed by atoms with van der Waals surface area (Å²) in [4.78, 5) is 16.4. The number of aromatic nitrogens is 4. The van der Waals surface area contributed by atoms with E-state index in [-0.39, 0.29) is 0 Å². The molecule has 3 rings (SSSR count). The molecular formula is C13H12N4. The van der Waals surface area contributed by atoms with E-state index in [1.807, 2.05) is 38.1 Å². The normalized spacial score (nSPS) is 10.9. The Morgan fingerprint density at radius 1 is 1.06 bits per heavy atom. The molecule has 3 heterocycles. The van der Waals surface area contributed by atoms with E-state index < -0.39 is 0 Å². The van der Waals surface area contributed by atoms with E-state index in [9.17, 15) is 0 Å². The molecule has 84 valence electrons. The van der Waals surface area contributed by atoms with Gasteiger partial charge in [-0.2, -0.15) is 0 Å². The van der Waals surface area contributed by atoms with E-state index in [4.69, 9.17) is 0 Å². The first kappa shape index (κ1) is 9.96. The molecule has 0 aromatic carbocycles. The number of pyridine rings is 2. The minimum atomic E-state index is 0.741. The van der Waals surface area contributed by atoms with Gasteiger partial charge in [0, 0.05) is 11.9 Å². The zero-order valence-corrected chi connectivity index (χ0v) is 9.73. The lowest BCUT2D eigenvalue weighted by atomic mass is 10.2. The third-order valence-corrected chi connectivity index (χ3v) is 2.72. The summed E-state index contributed by atoms with van der Waals surface area (Å²) in [6, 6.07) is 7.90. The maximum atomic E-state index is 4.48. The molecule has 4 heteroatoms. The van der Waals surface area contributed by atoms with Crippen molar-refractivity contribution < 1.29 is 0 Å². The number of nitrogens with one attached hydrogen (secondary N) is 1. The highest BCUT2D eigenvalue weighted by molar-refractivity contribution is 5.75. The lowest BCUT2D eigenvalue weighted by Gasteiger charge is -1.98. The summed E-state index contributed by atoms with van der Waals surface area (Å²) in [5, 5.41) is 0. The quantitative estimate of drug-likeness (QED) is 0.691. The van der Waals surface area contributed by atoms with Crippen molar-refractivity contribution in [2.45, 2.75) is 13.8 Å². The first-order chi connectivity index (χ1) is 8.24. The third kappa shape index (κ3) is 1.67. The van der Waals surface area contributed by atoms with Crippen LogP contribution < -0.4 is 0 Å². The zero-order valence-electron chi connectivity index (χ0n) is 9.73. The van der Waals surface area contributed by atoms with Crippen molar-refractivity contribution in [3.8, 4) is 11.5 Å². The molecule has 3 aromatic heterocycles. The largest absolute Gasteiger partial charge is 0.335 e. The monoisotopic (exact) mass is 224 g/mol. The van der Waals surface area contributed by atoms with Gasteiger partial charge < -0.3 is 4.98 Å². The second-order valence-electron chi connectivity index (χ2n) is 4.08. The number of rotatable bonds is 1. The highest BCUT2D eigenvalue weighted by Crippen LogP contribution is 2.20. The summed E-state index contributed by atoms with van der Waals surface area (Å²) in [5.41, 5.74) is 4.63. The van der Waals surface area contributed by atoms with Crippen molar-refractivity contribution in [2.75, 3.05) is 0 Å². The molecule has 0 amide bonds. The van der Waals surface area contributed by atoms with E-state index in [1.165, 1.54) is 0 Å². The van der Waals surface area contributed by atoms with Crippen LogP contribution in [0.25, 0.3) is 22.7 Å². The lowest BCUT2D eigenvalue weighted by molar-refractivity contribution is 1.19. The van der Waals surface area contributed by atoms with Crippen molar-refractivity contribution in [3.05, 3.63) is 41.7 Å². The Labute approximate surface area is 98.8 Å². The minimum Gasteiger partial charge on any atom is -0.335 e. The fraction of sp³-hybridized carbons (Fsp3) is 0.154. The highest BCUT2D eigenvalue weighted by atomic mass is 15.0. The Bertz CT molecular complexity index is 685. The lowest BCUT2D eigenvalue weighted by Crippen LogP contribution is -1.88. The number of nitrogens with zero attached hydrogens (tertiary/aromatic N) is 3. The van der Waals surface area contributed by atoms with Gasteiger partial charge in [-0.1, -0.05) is 6.07 Å². The number of hydrogen-bond acceptors (Lipinski definition) is 3. The van der Waals surface area contributed by atoms with Crippen molar-refractivity contribution in [3.63, 3.8) is 0 Å². The Kier molecular flexibility index (Phi) is 2.14. The van der Waals surface area contributed by atoms with E-state index in [1.54, 1.807) is 6.20 Å². The number of aromatic amines is 1. The number of H-pyrrole nitrogens is 1. The number of aryl methyl sites for hydroxylation is 2. The Morgan fingerprint density at radius 3 is 2.76 bits per heavy atom. The predicted molar refractivity (Wildman–Crippen MR) is 66.6 cm³/mol. The van der Waals surface area contributed by atoms with Gasteiger partial charge in [0.15, 0.2) is 11.5 Å². The van der Waals surface area contributed by atoms with E-state index in [0.29, 0.717) is 0 Å². The maximum Gasteiger partial charge on any atom is 0.178 e. The highest BCUT2D eigenvalue weighted by Gasteiger charge is 2.09. The van der Waals surface area contributed by atoms with E-state index >= 15 is 0 Å². The van der Waals surface area contributed by atoms with Crippen LogP contribution in [0.4, 0.5) is 0 Å². The van der Waals surface area contributed by atoms with Crippen LogP contribution in [-0.2, 0) is 0 Å². The maximum absolute atomic E-state index is 4.48. The fourth-order valence-corrected chi connectivity index (χ4v) is 1.83. The Balaban J connectivity index is 2.22. The molecule has 3 aromatic rings. The van der Waals surface area contributed by atoms with Crippen LogP contribution in [0.3, 0.4) is 0 Å². The van der Waals surface area contributed by atoms with Crippen molar-refractivity contribution in [1.82, 2.24) is 19.9 Å². The molecule has 0 atom stereocenters. The summed E-state index contributed by atoms with van der Waals surface area (Å²) in [6.45, 7) is 3.98. The molecule has 0 spiro atoms. The summed E-state index contributed by atoms with van der Waals surface area (Å²) >= 11 is 0. The fourth-order valence-electron chi connectivity index (χ4n) is 1.83. The molecule has 0 saturated carbocycles. The van der Waals surface area contributed by atoms with Crippen LogP contribution in [-0.4, -0.2) is 19.9 Å². The van der Waals surface area contributed by atoms with Crippen LogP contribution in [0.15, 0.2) is 30.5 Å². The number of fused-ring (bicyclic) bond motifs is 1. The standard InChI is InChI=1S/C13H12N4/c1-8-4-3-7-14-11(8)13-16-10-6-5-9(2)15-12(10)17-13/h3-7H,1-2H3,(H,15,16,17). The summed E-state index contributed by atoms with van der Waals surface area (Å²) in [7, 11) is 0. The van der Waals surface area contributed by atoms with Crippen LogP contribution in [0.2, 0.25) is 0 Å². The molecule has 0 aliphatic heterocycles. The molecule has 0 bridgehead atoms.